The molecule has 2 aliphatic rings. The van der Waals surface area contributed by atoms with Crippen LogP contribution in [0.1, 0.15) is 31.7 Å². The van der Waals surface area contributed by atoms with Crippen molar-refractivity contribution in [3.63, 3.8) is 0 Å². The van der Waals surface area contributed by atoms with Crippen LogP contribution in [0.2, 0.25) is 0 Å². The molecular formula is C28H28N4O5S3. The number of sulfonamides is 1. The summed E-state index contributed by atoms with van der Waals surface area (Å²) in [6.45, 7) is 3.03. The van der Waals surface area contributed by atoms with Gasteiger partial charge in [0.1, 0.15) is 10.0 Å². The van der Waals surface area contributed by atoms with Crippen LogP contribution >= 0.6 is 24.0 Å². The van der Waals surface area contributed by atoms with Crippen molar-refractivity contribution in [3.8, 4) is 16.9 Å². The van der Waals surface area contributed by atoms with E-state index in [-0.39, 0.29) is 23.8 Å². The number of rotatable bonds is 8. The van der Waals surface area contributed by atoms with Gasteiger partial charge in [-0.15, -0.1) is 0 Å². The number of piperidine rings is 1. The van der Waals surface area contributed by atoms with Crippen LogP contribution in [0.15, 0.2) is 70.6 Å². The highest BCUT2D eigenvalue weighted by Gasteiger charge is 2.33. The maximum Gasteiger partial charge on any atom is 0.305 e. The third-order valence-electron chi connectivity index (χ3n) is 6.84. The second kappa shape index (κ2) is 11.7. The molecule has 2 aliphatic heterocycles. The summed E-state index contributed by atoms with van der Waals surface area (Å²) in [5.74, 6) is -1.09. The zero-order chi connectivity index (χ0) is 28.4. The quantitative estimate of drug-likeness (QED) is 0.296. The highest BCUT2D eigenvalue weighted by atomic mass is 32.2. The summed E-state index contributed by atoms with van der Waals surface area (Å²) < 4.78 is 30.5. The molecule has 0 unspecified atom stereocenters. The van der Waals surface area contributed by atoms with Gasteiger partial charge >= 0.3 is 5.97 Å². The number of hydrogen-bond acceptors (Lipinski definition) is 7. The molecule has 1 N–H and O–H groups in total. The molecule has 2 aromatic carbocycles. The molecule has 9 nitrogen and oxygen atoms in total. The van der Waals surface area contributed by atoms with Gasteiger partial charge in [-0.2, -0.15) is 9.40 Å². The van der Waals surface area contributed by atoms with Gasteiger partial charge in [-0.05, 0) is 49.1 Å². The Morgan fingerprint density at radius 2 is 1.98 bits per heavy atom. The Morgan fingerprint density at radius 1 is 1.20 bits per heavy atom. The lowest BCUT2D eigenvalue weighted by Crippen LogP contribution is -2.39. The molecular weight excluding hydrogens is 569 g/mol. The number of carbonyl (C=O) groups is 2. The van der Waals surface area contributed by atoms with Gasteiger partial charge in [-0.25, -0.2) is 13.1 Å². The molecule has 0 bridgehead atoms. The number of hydrogen-bond donors (Lipinski definition) is 1. The average Bonchev–Trinajstić information content (AvgIpc) is 3.48. The molecule has 1 aromatic heterocycles. The molecule has 40 heavy (non-hydrogen) atoms. The highest BCUT2D eigenvalue weighted by Crippen LogP contribution is 2.35. The van der Waals surface area contributed by atoms with Gasteiger partial charge < -0.3 is 5.11 Å². The number of para-hydroxylation sites is 1. The van der Waals surface area contributed by atoms with E-state index in [2.05, 4.69) is 6.92 Å². The van der Waals surface area contributed by atoms with Gasteiger partial charge in [-0.1, -0.05) is 61.2 Å². The Kier molecular flexibility index (Phi) is 8.22. The van der Waals surface area contributed by atoms with Crippen LogP contribution in [0.4, 0.5) is 0 Å². The van der Waals surface area contributed by atoms with Crippen LogP contribution in [0, 0.1) is 5.92 Å². The minimum Gasteiger partial charge on any atom is -0.481 e. The predicted molar refractivity (Wildman–Crippen MR) is 158 cm³/mol. The Morgan fingerprint density at radius 3 is 2.70 bits per heavy atom. The van der Waals surface area contributed by atoms with E-state index in [0.717, 1.165) is 30.3 Å². The van der Waals surface area contributed by atoms with Gasteiger partial charge in [-0.3, -0.25) is 14.5 Å². The van der Waals surface area contributed by atoms with Crippen molar-refractivity contribution in [2.45, 2.75) is 31.1 Å². The van der Waals surface area contributed by atoms with Crippen molar-refractivity contribution in [2.24, 2.45) is 5.92 Å². The summed E-state index contributed by atoms with van der Waals surface area (Å²) in [5, 5.41) is 13.8. The van der Waals surface area contributed by atoms with Crippen LogP contribution in [0.25, 0.3) is 23.0 Å². The van der Waals surface area contributed by atoms with Crippen LogP contribution in [-0.2, 0) is 19.6 Å². The summed E-state index contributed by atoms with van der Waals surface area (Å²) >= 11 is 6.44. The summed E-state index contributed by atoms with van der Waals surface area (Å²) in [6.07, 6.45) is 5.08. The maximum atomic E-state index is 13.5. The molecule has 208 valence electrons. The van der Waals surface area contributed by atoms with E-state index in [0.29, 0.717) is 45.1 Å². The van der Waals surface area contributed by atoms with Gasteiger partial charge in [0.05, 0.1) is 21.9 Å². The zero-order valence-corrected chi connectivity index (χ0v) is 24.2. The van der Waals surface area contributed by atoms with E-state index in [4.69, 9.17) is 22.4 Å². The van der Waals surface area contributed by atoms with E-state index in [1.165, 1.54) is 4.90 Å². The number of benzene rings is 2. The van der Waals surface area contributed by atoms with Gasteiger partial charge in [0.25, 0.3) is 5.91 Å². The normalized spacial score (nSPS) is 19.5. The van der Waals surface area contributed by atoms with Crippen LogP contribution in [0.3, 0.4) is 0 Å². The van der Waals surface area contributed by atoms with Crippen LogP contribution in [0.5, 0.6) is 0 Å². The average molecular weight is 597 g/mol. The summed E-state index contributed by atoms with van der Waals surface area (Å²) in [6, 6.07) is 16.2. The first kappa shape index (κ1) is 28.2. The van der Waals surface area contributed by atoms with E-state index in [1.807, 2.05) is 30.3 Å². The maximum absolute atomic E-state index is 13.5. The smallest absolute Gasteiger partial charge is 0.305 e. The van der Waals surface area contributed by atoms with Crippen LogP contribution in [-0.4, -0.2) is 68.3 Å². The molecule has 0 aliphatic carbocycles. The lowest BCUT2D eigenvalue weighted by molar-refractivity contribution is -0.137. The topological polar surface area (TPSA) is 113 Å². The number of thioether (sulfide) groups is 1. The minimum atomic E-state index is -3.69. The van der Waals surface area contributed by atoms with Crippen molar-refractivity contribution >= 4 is 56.3 Å². The molecule has 5 rings (SSSR count). The highest BCUT2D eigenvalue weighted by molar-refractivity contribution is 8.26. The van der Waals surface area contributed by atoms with E-state index in [1.54, 1.807) is 45.5 Å². The predicted octanol–water partition coefficient (Wildman–Crippen LogP) is 4.64. The third kappa shape index (κ3) is 5.90. The lowest BCUT2D eigenvalue weighted by Gasteiger charge is -2.30. The molecule has 2 saturated heterocycles. The molecule has 3 heterocycles. The van der Waals surface area contributed by atoms with E-state index in [9.17, 15) is 18.0 Å². The fourth-order valence-electron chi connectivity index (χ4n) is 4.79. The largest absolute Gasteiger partial charge is 0.481 e. The number of aromatic nitrogens is 2. The SMILES string of the molecule is C[C@H]1CCCN(S(=O)(=O)c2cccc(-c3nn(-c4ccccc4)cc3/C=C3\SC(=S)N(CCC(=O)O)C3=O)c2)C1. The van der Waals surface area contributed by atoms with Gasteiger partial charge in [0.2, 0.25) is 10.0 Å². The monoisotopic (exact) mass is 596 g/mol. The van der Waals surface area contributed by atoms with Gasteiger partial charge in [0.15, 0.2) is 0 Å². The zero-order valence-electron chi connectivity index (χ0n) is 21.8. The second-order valence-electron chi connectivity index (χ2n) is 9.83. The lowest BCUT2D eigenvalue weighted by atomic mass is 10.0. The fourth-order valence-corrected chi connectivity index (χ4v) is 7.73. The minimum absolute atomic E-state index is 0.0114. The molecule has 2 fully saturated rings. The number of carbonyl (C=O) groups excluding carboxylic acids is 1. The standard InChI is InChI=1S/C28H28N4O5S3/c1-19-7-6-13-30(17-19)40(36,37)23-11-5-8-20(15-23)26-21(18-32(29-26)22-9-3-2-4-10-22)16-24-27(35)31(28(38)39-24)14-12-25(33)34/h2-5,8-11,15-16,18-19H,6-7,12-14,17H2,1H3,(H,33,34)/b24-16-/t19-/m0/s1. The third-order valence-corrected chi connectivity index (χ3v) is 10.1. The molecule has 0 radical (unpaired) electrons. The molecule has 3 aromatic rings. The van der Waals surface area contributed by atoms with E-state index >= 15 is 0 Å². The molecule has 1 amide bonds. The number of nitrogens with zero attached hydrogens (tertiary/aromatic N) is 4. The van der Waals surface area contributed by atoms with Gasteiger partial charge in [0, 0.05) is 37.0 Å². The number of thiocarbonyl (C=S) groups is 1. The first-order chi connectivity index (χ1) is 19.1. The Bertz CT molecular complexity index is 1600. The Balaban J connectivity index is 1.55. The van der Waals surface area contributed by atoms with Crippen molar-refractivity contribution in [1.29, 1.82) is 0 Å². The number of carboxylic acid groups (broad SMARTS) is 1. The first-order valence-corrected chi connectivity index (χ1v) is 15.5. The summed E-state index contributed by atoms with van der Waals surface area (Å²) in [5.41, 5.74) is 2.49. The van der Waals surface area contributed by atoms with Crippen LogP contribution < -0.4 is 0 Å². The Hall–Kier alpha value is -3.32. The van der Waals surface area contributed by atoms with E-state index < -0.39 is 16.0 Å². The molecule has 12 heteroatoms. The number of aliphatic carboxylic acids is 1. The van der Waals surface area contributed by atoms with Crippen molar-refractivity contribution in [3.05, 3.63) is 71.3 Å². The molecule has 0 saturated carbocycles. The fraction of sp³-hybridized carbons (Fsp3) is 0.286. The summed E-state index contributed by atoms with van der Waals surface area (Å²) in [4.78, 5) is 25.9. The summed E-state index contributed by atoms with van der Waals surface area (Å²) in [7, 11) is -3.69. The molecule has 0 spiro atoms. The second-order valence-corrected chi connectivity index (χ2v) is 13.4. The number of amides is 1. The Labute approximate surface area is 242 Å². The molecule has 1 atom stereocenters. The van der Waals surface area contributed by atoms with Crippen molar-refractivity contribution < 1.29 is 23.1 Å². The van der Waals surface area contributed by atoms with Crippen molar-refractivity contribution in [2.75, 3.05) is 19.6 Å². The number of carboxylic acids is 1. The first-order valence-electron chi connectivity index (χ1n) is 12.9. The van der Waals surface area contributed by atoms with Crippen molar-refractivity contribution in [1.82, 2.24) is 19.0 Å².